The summed E-state index contributed by atoms with van der Waals surface area (Å²) in [6.07, 6.45) is 0.756. The van der Waals surface area contributed by atoms with Crippen LogP contribution in [0.5, 0.6) is 0 Å². The fraction of sp³-hybridized carbons (Fsp3) is 0.375. The molecule has 0 spiro atoms. The summed E-state index contributed by atoms with van der Waals surface area (Å²) in [4.78, 5) is 14.7. The molecule has 7 heteroatoms. The lowest BCUT2D eigenvalue weighted by Crippen LogP contribution is -2.43. The van der Waals surface area contributed by atoms with Gasteiger partial charge in [-0.15, -0.1) is 10.2 Å². The van der Waals surface area contributed by atoms with Crippen LogP contribution in [0.25, 0.3) is 11.4 Å². The van der Waals surface area contributed by atoms with E-state index in [4.69, 9.17) is 0 Å². The summed E-state index contributed by atoms with van der Waals surface area (Å²) in [5.74, 6) is 0.458. The van der Waals surface area contributed by atoms with E-state index >= 15 is 0 Å². The number of aryl methyl sites for hydroxylation is 1. The molecule has 5 nitrogen and oxygen atoms in total. The van der Waals surface area contributed by atoms with Crippen molar-refractivity contribution < 1.29 is 9.18 Å². The molecule has 0 N–H and O–H groups in total. The van der Waals surface area contributed by atoms with E-state index in [9.17, 15) is 9.18 Å². The SMILES string of the molecule is CC(C)N(C(=O)CSc1nnc(-c2ccccc2F)n1CCc1ccccc1)C(C)C. The van der Waals surface area contributed by atoms with Crippen molar-refractivity contribution in [2.24, 2.45) is 0 Å². The second kappa shape index (κ2) is 10.6. The van der Waals surface area contributed by atoms with E-state index in [-0.39, 0.29) is 29.6 Å². The summed E-state index contributed by atoms with van der Waals surface area (Å²) in [7, 11) is 0. The molecule has 0 fully saturated rings. The second-order valence-corrected chi connectivity index (χ2v) is 8.89. The molecule has 0 saturated heterocycles. The van der Waals surface area contributed by atoms with Gasteiger partial charge in [0.15, 0.2) is 11.0 Å². The van der Waals surface area contributed by atoms with Gasteiger partial charge in [-0.3, -0.25) is 4.79 Å². The molecule has 0 unspecified atom stereocenters. The average molecular weight is 441 g/mol. The van der Waals surface area contributed by atoms with Gasteiger partial charge in [-0.2, -0.15) is 0 Å². The zero-order valence-electron chi connectivity index (χ0n) is 18.5. The van der Waals surface area contributed by atoms with Gasteiger partial charge in [0, 0.05) is 18.6 Å². The van der Waals surface area contributed by atoms with E-state index in [1.807, 2.05) is 55.4 Å². The number of hydrogen-bond donors (Lipinski definition) is 0. The zero-order chi connectivity index (χ0) is 22.4. The summed E-state index contributed by atoms with van der Waals surface area (Å²) in [6, 6.07) is 16.9. The van der Waals surface area contributed by atoms with Crippen molar-refractivity contribution in [1.29, 1.82) is 0 Å². The van der Waals surface area contributed by atoms with E-state index in [1.165, 1.54) is 23.4 Å². The molecule has 0 atom stereocenters. The minimum absolute atomic E-state index is 0.0556. The normalized spacial score (nSPS) is 11.3. The predicted octanol–water partition coefficient (Wildman–Crippen LogP) is 5.06. The molecule has 3 aromatic rings. The summed E-state index contributed by atoms with van der Waals surface area (Å²) in [5, 5.41) is 9.21. The minimum Gasteiger partial charge on any atom is -0.337 e. The lowest BCUT2D eigenvalue weighted by molar-refractivity contribution is -0.131. The van der Waals surface area contributed by atoms with Crippen molar-refractivity contribution in [3.63, 3.8) is 0 Å². The molecule has 2 aromatic carbocycles. The van der Waals surface area contributed by atoms with Gasteiger partial charge in [-0.1, -0.05) is 54.2 Å². The lowest BCUT2D eigenvalue weighted by Gasteiger charge is -2.30. The number of carbonyl (C=O) groups excluding carboxylic acids is 1. The molecule has 31 heavy (non-hydrogen) atoms. The molecule has 164 valence electrons. The molecule has 1 amide bonds. The van der Waals surface area contributed by atoms with Gasteiger partial charge in [-0.25, -0.2) is 4.39 Å². The molecule has 1 heterocycles. The Morgan fingerprint density at radius 2 is 1.65 bits per heavy atom. The Morgan fingerprint density at radius 1 is 1.00 bits per heavy atom. The maximum Gasteiger partial charge on any atom is 0.233 e. The third kappa shape index (κ3) is 5.73. The summed E-state index contributed by atoms with van der Waals surface area (Å²) in [5.41, 5.74) is 1.58. The van der Waals surface area contributed by atoms with E-state index < -0.39 is 0 Å². The molecule has 0 aliphatic rings. The predicted molar refractivity (Wildman–Crippen MR) is 123 cm³/mol. The average Bonchev–Trinajstić information content (AvgIpc) is 3.14. The molecule has 0 bridgehead atoms. The Bertz CT molecular complexity index is 996. The van der Waals surface area contributed by atoms with Crippen LogP contribution in [0, 0.1) is 5.82 Å². The Balaban J connectivity index is 1.85. The van der Waals surface area contributed by atoms with Crippen LogP contribution in [0.4, 0.5) is 4.39 Å². The van der Waals surface area contributed by atoms with Gasteiger partial charge in [0.2, 0.25) is 5.91 Å². The second-order valence-electron chi connectivity index (χ2n) is 7.95. The van der Waals surface area contributed by atoms with E-state index in [2.05, 4.69) is 22.3 Å². The highest BCUT2D eigenvalue weighted by atomic mass is 32.2. The Kier molecular flexibility index (Phi) is 7.85. The smallest absolute Gasteiger partial charge is 0.233 e. The van der Waals surface area contributed by atoms with Crippen molar-refractivity contribution in [1.82, 2.24) is 19.7 Å². The van der Waals surface area contributed by atoms with Gasteiger partial charge >= 0.3 is 0 Å². The third-order valence-corrected chi connectivity index (χ3v) is 5.98. The first-order valence-electron chi connectivity index (χ1n) is 10.5. The summed E-state index contributed by atoms with van der Waals surface area (Å²) >= 11 is 1.35. The topological polar surface area (TPSA) is 51.0 Å². The highest BCUT2D eigenvalue weighted by molar-refractivity contribution is 7.99. The highest BCUT2D eigenvalue weighted by Crippen LogP contribution is 2.27. The molecule has 0 aliphatic carbocycles. The third-order valence-electron chi connectivity index (χ3n) is 5.02. The number of rotatable bonds is 9. The monoisotopic (exact) mass is 440 g/mol. The fourth-order valence-corrected chi connectivity index (χ4v) is 4.53. The highest BCUT2D eigenvalue weighted by Gasteiger charge is 2.22. The lowest BCUT2D eigenvalue weighted by atomic mass is 10.1. The van der Waals surface area contributed by atoms with E-state index in [0.29, 0.717) is 23.1 Å². The van der Waals surface area contributed by atoms with Gasteiger partial charge in [0.1, 0.15) is 5.82 Å². The number of amides is 1. The van der Waals surface area contributed by atoms with Crippen LogP contribution in [-0.2, 0) is 17.8 Å². The molecule has 0 saturated carbocycles. The van der Waals surface area contributed by atoms with Crippen molar-refractivity contribution in [2.75, 3.05) is 5.75 Å². The number of thioether (sulfide) groups is 1. The van der Waals surface area contributed by atoms with Crippen molar-refractivity contribution in [3.05, 3.63) is 66.0 Å². The van der Waals surface area contributed by atoms with Crippen LogP contribution in [0.15, 0.2) is 59.8 Å². The van der Waals surface area contributed by atoms with Gasteiger partial charge in [-0.05, 0) is 51.8 Å². The maximum absolute atomic E-state index is 14.5. The van der Waals surface area contributed by atoms with E-state index in [1.54, 1.807) is 18.2 Å². The zero-order valence-corrected chi connectivity index (χ0v) is 19.3. The first-order chi connectivity index (χ1) is 14.9. The van der Waals surface area contributed by atoms with Crippen LogP contribution in [0.3, 0.4) is 0 Å². The Morgan fingerprint density at radius 3 is 2.29 bits per heavy atom. The summed E-state index contributed by atoms with van der Waals surface area (Å²) < 4.78 is 16.4. The van der Waals surface area contributed by atoms with Gasteiger partial charge in [0.25, 0.3) is 0 Å². The molecule has 0 aliphatic heterocycles. The standard InChI is InChI=1S/C24H29FN4OS/c1-17(2)29(18(3)4)22(30)16-31-24-27-26-23(20-12-8-9-13-21(20)25)28(24)15-14-19-10-6-5-7-11-19/h5-13,17-18H,14-16H2,1-4H3. The molecule has 1 aromatic heterocycles. The molecule has 0 radical (unpaired) electrons. The number of halogens is 1. The van der Waals surface area contributed by atoms with Crippen molar-refractivity contribution in [2.45, 2.75) is 57.9 Å². The van der Waals surface area contributed by atoms with Crippen LogP contribution in [0.2, 0.25) is 0 Å². The quantitative estimate of drug-likeness (QED) is 0.436. The van der Waals surface area contributed by atoms with Crippen molar-refractivity contribution in [3.8, 4) is 11.4 Å². The number of hydrogen-bond acceptors (Lipinski definition) is 4. The molecular formula is C24H29FN4OS. The van der Waals surface area contributed by atoms with Crippen LogP contribution >= 0.6 is 11.8 Å². The number of carbonyl (C=O) groups is 1. The van der Waals surface area contributed by atoms with Crippen molar-refractivity contribution >= 4 is 17.7 Å². The largest absolute Gasteiger partial charge is 0.337 e. The van der Waals surface area contributed by atoms with Gasteiger partial charge in [0.05, 0.1) is 11.3 Å². The van der Waals surface area contributed by atoms with Crippen LogP contribution in [0.1, 0.15) is 33.3 Å². The molecule has 3 rings (SSSR count). The first kappa shape index (κ1) is 23.0. The first-order valence-corrected chi connectivity index (χ1v) is 11.5. The molecular weight excluding hydrogens is 411 g/mol. The number of benzene rings is 2. The summed E-state index contributed by atoms with van der Waals surface area (Å²) in [6.45, 7) is 8.65. The number of aromatic nitrogens is 3. The Hall–Kier alpha value is -2.67. The Labute approximate surface area is 187 Å². The van der Waals surface area contributed by atoms with E-state index in [0.717, 1.165) is 6.42 Å². The minimum atomic E-state index is -0.339. The van der Waals surface area contributed by atoms with Crippen LogP contribution in [-0.4, -0.2) is 43.4 Å². The fourth-order valence-electron chi connectivity index (χ4n) is 3.70. The maximum atomic E-state index is 14.5. The number of nitrogens with zero attached hydrogens (tertiary/aromatic N) is 4. The van der Waals surface area contributed by atoms with Gasteiger partial charge < -0.3 is 9.47 Å². The van der Waals surface area contributed by atoms with Crippen LogP contribution < -0.4 is 0 Å².